The minimum Gasteiger partial charge on any atom is -0.351 e. The Morgan fingerprint density at radius 3 is 2.76 bits per heavy atom. The number of nitriles is 1. The molecule has 1 heterocycles. The highest BCUT2D eigenvalue weighted by Crippen LogP contribution is 2.28. The first-order valence-corrected chi connectivity index (χ1v) is 6.06. The number of amides is 1. The van der Waals surface area contributed by atoms with E-state index in [9.17, 15) is 4.79 Å². The van der Waals surface area contributed by atoms with Gasteiger partial charge in [0.25, 0.3) is 0 Å². The molecule has 0 fully saturated rings. The maximum atomic E-state index is 11.3. The van der Waals surface area contributed by atoms with Crippen LogP contribution in [0.15, 0.2) is 12.3 Å². The molecule has 0 aliphatic rings. The Labute approximate surface area is 102 Å². The van der Waals surface area contributed by atoms with E-state index < -0.39 is 6.03 Å². The summed E-state index contributed by atoms with van der Waals surface area (Å²) in [5, 5.41) is 9.07. The number of rotatable bonds is 5. The highest BCUT2D eigenvalue weighted by molar-refractivity contribution is 5.76. The van der Waals surface area contributed by atoms with Gasteiger partial charge in [-0.05, 0) is 18.9 Å². The summed E-state index contributed by atoms with van der Waals surface area (Å²) in [6.07, 6.45) is 5.68. The summed E-state index contributed by atoms with van der Waals surface area (Å²) in [6, 6.07) is 3.28. The Hall–Kier alpha value is -1.76. The van der Waals surface area contributed by atoms with Gasteiger partial charge in [-0.1, -0.05) is 26.7 Å². The maximum Gasteiger partial charge on any atom is 0.323 e. The second-order valence-electron chi connectivity index (χ2n) is 4.18. The quantitative estimate of drug-likeness (QED) is 0.849. The molecule has 2 N–H and O–H groups in total. The van der Waals surface area contributed by atoms with Gasteiger partial charge in [-0.2, -0.15) is 5.26 Å². The van der Waals surface area contributed by atoms with E-state index in [0.29, 0.717) is 5.56 Å². The molecule has 0 aromatic carbocycles. The molecule has 1 aromatic heterocycles. The van der Waals surface area contributed by atoms with Gasteiger partial charge in [0.05, 0.1) is 5.56 Å². The monoisotopic (exact) mass is 233 g/mol. The summed E-state index contributed by atoms with van der Waals surface area (Å²) in [6.45, 7) is 4.20. The number of primary amides is 1. The highest BCUT2D eigenvalue weighted by atomic mass is 16.2. The molecule has 0 saturated heterocycles. The fourth-order valence-corrected chi connectivity index (χ4v) is 2.13. The average molecular weight is 233 g/mol. The molecule has 17 heavy (non-hydrogen) atoms. The van der Waals surface area contributed by atoms with Gasteiger partial charge in [0, 0.05) is 17.8 Å². The van der Waals surface area contributed by atoms with Crippen LogP contribution in [-0.2, 0) is 0 Å². The lowest BCUT2D eigenvalue weighted by molar-refractivity contribution is 0.249. The van der Waals surface area contributed by atoms with Gasteiger partial charge in [0.1, 0.15) is 6.07 Å². The molecule has 0 spiro atoms. The molecule has 0 aliphatic carbocycles. The summed E-state index contributed by atoms with van der Waals surface area (Å²) in [5.41, 5.74) is 6.65. The second kappa shape index (κ2) is 6.09. The minimum atomic E-state index is -0.517. The lowest BCUT2D eigenvalue weighted by Crippen LogP contribution is -2.22. The highest BCUT2D eigenvalue weighted by Gasteiger charge is 2.20. The van der Waals surface area contributed by atoms with Crippen molar-refractivity contribution < 1.29 is 4.79 Å². The Morgan fingerprint density at radius 1 is 1.59 bits per heavy atom. The Kier molecular flexibility index (Phi) is 4.77. The molecule has 0 aliphatic heterocycles. The van der Waals surface area contributed by atoms with E-state index in [0.717, 1.165) is 31.4 Å². The van der Waals surface area contributed by atoms with Crippen LogP contribution in [0.5, 0.6) is 0 Å². The van der Waals surface area contributed by atoms with Crippen molar-refractivity contribution in [3.8, 4) is 6.07 Å². The third-order valence-corrected chi connectivity index (χ3v) is 3.07. The molecule has 1 atom stereocenters. The summed E-state index contributed by atoms with van der Waals surface area (Å²) in [4.78, 5) is 11.3. The van der Waals surface area contributed by atoms with Crippen molar-refractivity contribution >= 4 is 6.03 Å². The standard InChI is InChI=1S/C13H19N3O/c1-3-5-6-10(4-2)12-11(9-14)7-8-16(12)13(15)17/h7-8,10H,3-6H2,1-2H3,(H2,15,17). The molecule has 1 aromatic rings. The number of carbonyl (C=O) groups excluding carboxylic acids is 1. The predicted molar refractivity (Wildman–Crippen MR) is 66.7 cm³/mol. The van der Waals surface area contributed by atoms with Gasteiger partial charge in [0.15, 0.2) is 0 Å². The number of hydrogen-bond donors (Lipinski definition) is 1. The predicted octanol–water partition coefficient (Wildman–Crippen LogP) is 2.97. The zero-order valence-electron chi connectivity index (χ0n) is 10.4. The fraction of sp³-hybridized carbons (Fsp3) is 0.538. The van der Waals surface area contributed by atoms with E-state index in [1.807, 2.05) is 0 Å². The topological polar surface area (TPSA) is 71.8 Å². The lowest BCUT2D eigenvalue weighted by Gasteiger charge is -2.16. The molecule has 0 bridgehead atoms. The van der Waals surface area contributed by atoms with Crippen molar-refractivity contribution in [2.45, 2.75) is 45.4 Å². The van der Waals surface area contributed by atoms with Crippen molar-refractivity contribution in [3.63, 3.8) is 0 Å². The van der Waals surface area contributed by atoms with Crippen LogP contribution in [0.25, 0.3) is 0 Å². The van der Waals surface area contributed by atoms with Gasteiger partial charge in [-0.25, -0.2) is 4.79 Å². The maximum absolute atomic E-state index is 11.3. The zero-order chi connectivity index (χ0) is 12.8. The van der Waals surface area contributed by atoms with E-state index in [1.54, 1.807) is 12.3 Å². The molecule has 0 saturated carbocycles. The number of hydrogen-bond acceptors (Lipinski definition) is 2. The van der Waals surface area contributed by atoms with E-state index >= 15 is 0 Å². The van der Waals surface area contributed by atoms with Gasteiger partial charge in [0.2, 0.25) is 0 Å². The summed E-state index contributed by atoms with van der Waals surface area (Å²) < 4.78 is 1.41. The van der Waals surface area contributed by atoms with E-state index in [2.05, 4.69) is 19.9 Å². The molecule has 92 valence electrons. The third kappa shape index (κ3) is 2.88. The van der Waals surface area contributed by atoms with Gasteiger partial charge >= 0.3 is 6.03 Å². The first-order valence-electron chi connectivity index (χ1n) is 6.06. The van der Waals surface area contributed by atoms with E-state index in [4.69, 9.17) is 11.0 Å². The summed E-state index contributed by atoms with van der Waals surface area (Å²) in [5.74, 6) is 0.229. The zero-order valence-corrected chi connectivity index (χ0v) is 10.4. The number of unbranched alkanes of at least 4 members (excludes halogenated alkanes) is 1. The third-order valence-electron chi connectivity index (χ3n) is 3.07. The van der Waals surface area contributed by atoms with Crippen molar-refractivity contribution in [2.24, 2.45) is 5.73 Å². The van der Waals surface area contributed by atoms with E-state index in [1.165, 1.54) is 4.57 Å². The summed E-state index contributed by atoms with van der Waals surface area (Å²) >= 11 is 0. The molecular formula is C13H19N3O. The first-order chi connectivity index (χ1) is 8.15. The van der Waals surface area contributed by atoms with Gasteiger partial charge in [-0.3, -0.25) is 4.57 Å². The molecule has 1 unspecified atom stereocenters. The molecule has 1 amide bonds. The van der Waals surface area contributed by atoms with Crippen LogP contribution in [0.4, 0.5) is 4.79 Å². The van der Waals surface area contributed by atoms with Crippen LogP contribution in [0, 0.1) is 11.3 Å². The van der Waals surface area contributed by atoms with Crippen molar-refractivity contribution in [1.82, 2.24) is 4.57 Å². The number of aromatic nitrogens is 1. The number of carbonyl (C=O) groups is 1. The minimum absolute atomic E-state index is 0.229. The average Bonchev–Trinajstić information content (AvgIpc) is 2.74. The normalized spacial score (nSPS) is 12.1. The largest absolute Gasteiger partial charge is 0.351 e. The van der Waals surface area contributed by atoms with Crippen molar-refractivity contribution in [3.05, 3.63) is 23.5 Å². The smallest absolute Gasteiger partial charge is 0.323 e. The van der Waals surface area contributed by atoms with Crippen LogP contribution in [0.3, 0.4) is 0 Å². The van der Waals surface area contributed by atoms with Crippen LogP contribution in [-0.4, -0.2) is 10.6 Å². The fourth-order valence-electron chi connectivity index (χ4n) is 2.13. The van der Waals surface area contributed by atoms with Gasteiger partial charge < -0.3 is 5.73 Å². The van der Waals surface area contributed by atoms with Crippen LogP contribution >= 0.6 is 0 Å². The van der Waals surface area contributed by atoms with Crippen molar-refractivity contribution in [2.75, 3.05) is 0 Å². The van der Waals surface area contributed by atoms with Crippen molar-refractivity contribution in [1.29, 1.82) is 5.26 Å². The number of nitrogens with two attached hydrogens (primary N) is 1. The second-order valence-corrected chi connectivity index (χ2v) is 4.18. The Balaban J connectivity index is 3.11. The Morgan fingerprint density at radius 2 is 2.29 bits per heavy atom. The molecule has 1 rings (SSSR count). The van der Waals surface area contributed by atoms with Crippen LogP contribution in [0.2, 0.25) is 0 Å². The lowest BCUT2D eigenvalue weighted by atomic mass is 9.93. The Bertz CT molecular complexity index is 428. The molecular weight excluding hydrogens is 214 g/mol. The van der Waals surface area contributed by atoms with Crippen LogP contribution < -0.4 is 5.73 Å². The first kappa shape index (κ1) is 13.3. The van der Waals surface area contributed by atoms with Gasteiger partial charge in [-0.15, -0.1) is 0 Å². The molecule has 4 nitrogen and oxygen atoms in total. The number of nitrogens with zero attached hydrogens (tertiary/aromatic N) is 2. The van der Waals surface area contributed by atoms with E-state index in [-0.39, 0.29) is 5.92 Å². The molecule has 4 heteroatoms. The van der Waals surface area contributed by atoms with Crippen LogP contribution in [0.1, 0.15) is 56.7 Å². The SMILES string of the molecule is CCCCC(CC)c1c(C#N)ccn1C(N)=O. The molecule has 0 radical (unpaired) electrons. The summed E-state index contributed by atoms with van der Waals surface area (Å²) in [7, 11) is 0.